The number of nitrogens with two attached hydrogens (primary N) is 1. The third kappa shape index (κ3) is 3.43. The van der Waals surface area contributed by atoms with E-state index in [1.165, 1.54) is 0 Å². The van der Waals surface area contributed by atoms with Gasteiger partial charge >= 0.3 is 11.9 Å². The molecule has 1 aromatic rings. The zero-order valence-corrected chi connectivity index (χ0v) is 10.2. The van der Waals surface area contributed by atoms with Crippen LogP contribution in [0.5, 0.6) is 0 Å². The minimum absolute atomic E-state index is 0.0778. The van der Waals surface area contributed by atoms with Gasteiger partial charge in [-0.3, -0.25) is 10.1 Å². The Morgan fingerprint density at radius 3 is 2.59 bits per heavy atom. The first-order valence-electron chi connectivity index (χ1n) is 4.42. The zero-order valence-electron chi connectivity index (χ0n) is 8.66. The molecule has 0 radical (unpaired) electrons. The molecule has 0 aliphatic heterocycles. The maximum absolute atomic E-state index is 11.3. The number of nitrogens with one attached hydrogen (secondary N) is 1. The first kappa shape index (κ1) is 13.5. The van der Waals surface area contributed by atoms with Crippen molar-refractivity contribution in [2.75, 3.05) is 17.7 Å². The number of esters is 1. The Balaban J connectivity index is 2.85. The molecule has 7 nitrogen and oxygen atoms in total. The number of halogens is 2. The van der Waals surface area contributed by atoms with E-state index in [0.717, 1.165) is 0 Å². The Kier molecular flexibility index (Phi) is 4.47. The largest absolute Gasteiger partial charge is 0.459 e. The van der Waals surface area contributed by atoms with Crippen LogP contribution in [0.25, 0.3) is 0 Å². The van der Waals surface area contributed by atoms with Gasteiger partial charge in [-0.05, 0) is 6.92 Å². The van der Waals surface area contributed by atoms with Gasteiger partial charge in [0.25, 0.3) is 0 Å². The smallest absolute Gasteiger partial charge is 0.397 e. The summed E-state index contributed by atoms with van der Waals surface area (Å²) >= 11 is 11.2. The molecule has 17 heavy (non-hydrogen) atoms. The SMILES string of the molecule is CCOC(=O)C(=O)Nc1nc(N)c(Cl)nc1Cl. The van der Waals surface area contributed by atoms with Crippen molar-refractivity contribution in [3.63, 3.8) is 0 Å². The van der Waals surface area contributed by atoms with Crippen LogP contribution >= 0.6 is 23.2 Å². The van der Waals surface area contributed by atoms with Crippen molar-refractivity contribution >= 4 is 46.7 Å². The molecule has 3 N–H and O–H groups in total. The number of amides is 1. The van der Waals surface area contributed by atoms with Crippen LogP contribution in [0, 0.1) is 0 Å². The Labute approximate surface area is 106 Å². The summed E-state index contributed by atoms with van der Waals surface area (Å²) in [5.41, 5.74) is 5.37. The Morgan fingerprint density at radius 2 is 2.00 bits per heavy atom. The lowest BCUT2D eigenvalue weighted by atomic mass is 10.5. The average molecular weight is 279 g/mol. The standard InChI is InChI=1S/C8H8Cl2N4O3/c1-2-17-8(16)7(15)14-6-4(10)12-3(9)5(11)13-6/h2H2,1H3,(H3,11,13,14,15). The Hall–Kier alpha value is -1.60. The molecule has 0 unspecified atom stereocenters. The summed E-state index contributed by atoms with van der Waals surface area (Å²) in [5, 5.41) is 1.83. The van der Waals surface area contributed by atoms with Gasteiger partial charge in [-0.1, -0.05) is 23.2 Å². The van der Waals surface area contributed by atoms with Crippen molar-refractivity contribution in [3.05, 3.63) is 10.3 Å². The van der Waals surface area contributed by atoms with E-state index in [1.54, 1.807) is 6.92 Å². The van der Waals surface area contributed by atoms with E-state index in [4.69, 9.17) is 28.9 Å². The third-order valence-corrected chi connectivity index (χ3v) is 2.07. The molecule has 0 aromatic carbocycles. The van der Waals surface area contributed by atoms with E-state index in [2.05, 4.69) is 20.0 Å². The van der Waals surface area contributed by atoms with Crippen LogP contribution in [0.3, 0.4) is 0 Å². The fraction of sp³-hybridized carbons (Fsp3) is 0.250. The highest BCUT2D eigenvalue weighted by Gasteiger charge is 2.18. The molecule has 0 aliphatic rings. The number of carbonyl (C=O) groups excluding carboxylic acids is 2. The molecule has 0 bridgehead atoms. The van der Waals surface area contributed by atoms with Crippen LogP contribution in [0.1, 0.15) is 6.92 Å². The van der Waals surface area contributed by atoms with E-state index >= 15 is 0 Å². The monoisotopic (exact) mass is 278 g/mol. The number of hydrogen-bond acceptors (Lipinski definition) is 6. The quantitative estimate of drug-likeness (QED) is 0.614. The summed E-state index contributed by atoms with van der Waals surface area (Å²) < 4.78 is 4.47. The van der Waals surface area contributed by atoms with Gasteiger partial charge in [-0.2, -0.15) is 0 Å². The van der Waals surface area contributed by atoms with Crippen molar-refractivity contribution < 1.29 is 14.3 Å². The number of hydrogen-bond donors (Lipinski definition) is 2. The molecule has 1 amide bonds. The first-order valence-corrected chi connectivity index (χ1v) is 5.18. The number of carbonyl (C=O) groups is 2. The summed E-state index contributed by atoms with van der Waals surface area (Å²) in [6.45, 7) is 1.65. The highest BCUT2D eigenvalue weighted by Crippen LogP contribution is 2.23. The predicted octanol–water partition coefficient (Wildman–Crippen LogP) is 0.867. The molecule has 1 heterocycles. The summed E-state index contributed by atoms with van der Waals surface area (Å²) in [5.74, 6) is -2.36. The van der Waals surface area contributed by atoms with Gasteiger partial charge in [0, 0.05) is 0 Å². The van der Waals surface area contributed by atoms with Crippen molar-refractivity contribution in [1.82, 2.24) is 9.97 Å². The normalized spacial score (nSPS) is 9.82. The maximum Gasteiger partial charge on any atom is 0.397 e. The first-order chi connectivity index (χ1) is 7.95. The maximum atomic E-state index is 11.3. The van der Waals surface area contributed by atoms with E-state index in [0.29, 0.717) is 0 Å². The summed E-state index contributed by atoms with van der Waals surface area (Å²) in [4.78, 5) is 29.6. The molecule has 0 atom stereocenters. The van der Waals surface area contributed by atoms with Crippen LogP contribution in [0.4, 0.5) is 11.6 Å². The number of nitrogen functional groups attached to an aromatic ring is 1. The topological polar surface area (TPSA) is 107 Å². The Morgan fingerprint density at radius 1 is 1.35 bits per heavy atom. The number of anilines is 2. The molecule has 0 fully saturated rings. The molecule has 0 saturated carbocycles. The van der Waals surface area contributed by atoms with Crippen LogP contribution in [-0.4, -0.2) is 28.5 Å². The molecule has 92 valence electrons. The number of rotatable bonds is 2. The van der Waals surface area contributed by atoms with E-state index in [1.807, 2.05) is 0 Å². The molecule has 0 aliphatic carbocycles. The van der Waals surface area contributed by atoms with Crippen LogP contribution in [0.2, 0.25) is 10.3 Å². The second-order valence-electron chi connectivity index (χ2n) is 2.71. The van der Waals surface area contributed by atoms with E-state index in [9.17, 15) is 9.59 Å². The zero-order chi connectivity index (χ0) is 13.0. The molecule has 1 aromatic heterocycles. The number of aromatic nitrogens is 2. The lowest BCUT2D eigenvalue weighted by Gasteiger charge is -2.06. The minimum Gasteiger partial charge on any atom is -0.459 e. The molecule has 1 rings (SSSR count). The second kappa shape index (κ2) is 5.65. The van der Waals surface area contributed by atoms with Crippen LogP contribution < -0.4 is 11.1 Å². The fourth-order valence-corrected chi connectivity index (χ4v) is 1.19. The van der Waals surface area contributed by atoms with Crippen molar-refractivity contribution in [2.24, 2.45) is 0 Å². The molecule has 9 heteroatoms. The fourth-order valence-electron chi connectivity index (χ4n) is 0.844. The van der Waals surface area contributed by atoms with E-state index < -0.39 is 11.9 Å². The van der Waals surface area contributed by atoms with Gasteiger partial charge in [0.1, 0.15) is 0 Å². The molecular weight excluding hydrogens is 271 g/mol. The molecule has 0 spiro atoms. The molecule has 0 saturated heterocycles. The van der Waals surface area contributed by atoms with Crippen LogP contribution in [-0.2, 0) is 14.3 Å². The third-order valence-electron chi connectivity index (χ3n) is 1.53. The lowest BCUT2D eigenvalue weighted by Crippen LogP contribution is -2.26. The summed E-state index contributed by atoms with van der Waals surface area (Å²) in [7, 11) is 0. The van der Waals surface area contributed by atoms with Crippen molar-refractivity contribution in [2.45, 2.75) is 6.92 Å². The van der Waals surface area contributed by atoms with Gasteiger partial charge in [0.2, 0.25) is 0 Å². The molecular formula is C8H8Cl2N4O3. The van der Waals surface area contributed by atoms with Crippen molar-refractivity contribution in [3.8, 4) is 0 Å². The highest BCUT2D eigenvalue weighted by atomic mass is 35.5. The second-order valence-corrected chi connectivity index (χ2v) is 3.43. The van der Waals surface area contributed by atoms with Gasteiger partial charge in [-0.15, -0.1) is 0 Å². The summed E-state index contributed by atoms with van der Waals surface area (Å²) in [6.07, 6.45) is 0. The van der Waals surface area contributed by atoms with Gasteiger partial charge < -0.3 is 10.5 Å². The number of nitrogens with zero attached hydrogens (tertiary/aromatic N) is 2. The lowest BCUT2D eigenvalue weighted by molar-refractivity contribution is -0.152. The minimum atomic E-state index is -1.06. The van der Waals surface area contributed by atoms with Gasteiger partial charge in [0.15, 0.2) is 21.9 Å². The van der Waals surface area contributed by atoms with Gasteiger partial charge in [-0.25, -0.2) is 14.8 Å². The van der Waals surface area contributed by atoms with E-state index in [-0.39, 0.29) is 28.5 Å². The predicted molar refractivity (Wildman–Crippen MR) is 61.7 cm³/mol. The summed E-state index contributed by atoms with van der Waals surface area (Å²) in [6, 6.07) is 0. The van der Waals surface area contributed by atoms with Gasteiger partial charge in [0.05, 0.1) is 6.61 Å². The average Bonchev–Trinajstić information content (AvgIpc) is 2.26. The van der Waals surface area contributed by atoms with Crippen molar-refractivity contribution in [1.29, 1.82) is 0 Å². The van der Waals surface area contributed by atoms with Crippen LogP contribution in [0.15, 0.2) is 0 Å². The Bertz CT molecular complexity index is 466. The number of ether oxygens (including phenoxy) is 1. The highest BCUT2D eigenvalue weighted by molar-refractivity contribution is 6.39.